The van der Waals surface area contributed by atoms with Gasteiger partial charge in [-0.25, -0.2) is 0 Å². The highest BCUT2D eigenvalue weighted by atomic mass is 16.4. The second-order valence-electron chi connectivity index (χ2n) is 4.05. The molecule has 2 atom stereocenters. The van der Waals surface area contributed by atoms with Crippen LogP contribution in [-0.2, 0) is 4.79 Å². The van der Waals surface area contributed by atoms with Crippen LogP contribution in [0.3, 0.4) is 0 Å². The number of hydrogen-bond acceptors (Lipinski definition) is 4. The molecule has 0 heterocycles. The third-order valence-electron chi connectivity index (χ3n) is 2.84. The van der Waals surface area contributed by atoms with Gasteiger partial charge >= 0.3 is 5.97 Å². The van der Waals surface area contributed by atoms with Gasteiger partial charge in [-0.05, 0) is 25.1 Å². The van der Waals surface area contributed by atoms with Crippen molar-refractivity contribution in [3.8, 4) is 11.5 Å². The number of carboxylic acid groups (broad SMARTS) is 1. The second-order valence-corrected chi connectivity index (χ2v) is 4.05. The van der Waals surface area contributed by atoms with Gasteiger partial charge in [0.2, 0.25) is 0 Å². The van der Waals surface area contributed by atoms with E-state index in [1.165, 1.54) is 25.1 Å². The molecule has 0 saturated heterocycles. The minimum absolute atomic E-state index is 0.0409. The predicted octanol–water partition coefficient (Wildman–Crippen LogP) is 1.00. The molecule has 0 saturated carbocycles. The van der Waals surface area contributed by atoms with Crippen LogP contribution in [-0.4, -0.2) is 26.8 Å². The number of carbonyl (C=O) groups is 1. The molecule has 0 fully saturated rings. The van der Waals surface area contributed by atoms with Gasteiger partial charge < -0.3 is 21.1 Å². The second kappa shape index (κ2) is 4.02. The lowest BCUT2D eigenvalue weighted by atomic mass is 9.82. The summed E-state index contributed by atoms with van der Waals surface area (Å²) in [6, 6.07) is 3.94. The molecule has 0 spiro atoms. The Labute approximate surface area is 93.1 Å². The normalized spacial score (nSPS) is 16.4. The van der Waals surface area contributed by atoms with Crippen molar-refractivity contribution < 1.29 is 20.1 Å². The standard InChI is InChI=1S/C11H15NO4/c1-6(11(2,12)10(15)16)8-5-7(13)3-4-9(8)14/h3-6,13-14H,12H2,1-2H3,(H,15,16)/t6?,11-/m0/s1. The van der Waals surface area contributed by atoms with Crippen molar-refractivity contribution in [3.05, 3.63) is 23.8 Å². The van der Waals surface area contributed by atoms with Crippen molar-refractivity contribution in [2.24, 2.45) is 5.73 Å². The Hall–Kier alpha value is -1.75. The molecule has 1 aromatic carbocycles. The van der Waals surface area contributed by atoms with Gasteiger partial charge in [0.15, 0.2) is 0 Å². The van der Waals surface area contributed by atoms with Gasteiger partial charge in [0.05, 0.1) is 0 Å². The van der Waals surface area contributed by atoms with Crippen LogP contribution in [0.15, 0.2) is 18.2 Å². The van der Waals surface area contributed by atoms with Gasteiger partial charge in [0.1, 0.15) is 17.0 Å². The summed E-state index contributed by atoms with van der Waals surface area (Å²) in [6.45, 7) is 2.95. The number of rotatable bonds is 3. The minimum atomic E-state index is -1.51. The van der Waals surface area contributed by atoms with Crippen molar-refractivity contribution in [2.75, 3.05) is 0 Å². The van der Waals surface area contributed by atoms with E-state index in [2.05, 4.69) is 0 Å². The van der Waals surface area contributed by atoms with E-state index in [9.17, 15) is 15.0 Å². The molecule has 88 valence electrons. The van der Waals surface area contributed by atoms with Crippen molar-refractivity contribution in [1.29, 1.82) is 0 Å². The van der Waals surface area contributed by atoms with Crippen LogP contribution in [0.1, 0.15) is 25.3 Å². The predicted molar refractivity (Wildman–Crippen MR) is 58.4 cm³/mol. The summed E-state index contributed by atoms with van der Waals surface area (Å²) in [5.41, 5.74) is 4.47. The van der Waals surface area contributed by atoms with Gasteiger partial charge in [-0.15, -0.1) is 0 Å². The molecular formula is C11H15NO4. The summed E-state index contributed by atoms with van der Waals surface area (Å²) in [4.78, 5) is 11.0. The van der Waals surface area contributed by atoms with Crippen LogP contribution < -0.4 is 5.73 Å². The maximum atomic E-state index is 11.0. The SMILES string of the molecule is CC(c1cc(O)ccc1O)[C@](C)(N)C(=O)O. The molecule has 0 aliphatic carbocycles. The molecule has 5 heteroatoms. The van der Waals surface area contributed by atoms with E-state index in [1.807, 2.05) is 0 Å². The number of aromatic hydroxyl groups is 2. The zero-order chi connectivity index (χ0) is 12.5. The van der Waals surface area contributed by atoms with Gasteiger partial charge in [-0.1, -0.05) is 6.92 Å². The van der Waals surface area contributed by atoms with Gasteiger partial charge in [-0.2, -0.15) is 0 Å². The molecule has 5 N–H and O–H groups in total. The highest BCUT2D eigenvalue weighted by Gasteiger charge is 2.36. The first kappa shape index (κ1) is 12.3. The monoisotopic (exact) mass is 225 g/mol. The zero-order valence-electron chi connectivity index (χ0n) is 9.14. The number of benzene rings is 1. The Morgan fingerprint density at radius 1 is 1.44 bits per heavy atom. The highest BCUT2D eigenvalue weighted by Crippen LogP contribution is 2.34. The molecule has 1 rings (SSSR count). The van der Waals surface area contributed by atoms with Crippen LogP contribution >= 0.6 is 0 Å². The van der Waals surface area contributed by atoms with Gasteiger partial charge in [0, 0.05) is 11.5 Å². The first-order chi connectivity index (χ1) is 7.26. The topological polar surface area (TPSA) is 104 Å². The van der Waals surface area contributed by atoms with Crippen molar-refractivity contribution in [3.63, 3.8) is 0 Å². The molecule has 0 amide bonds. The van der Waals surface area contributed by atoms with Crippen molar-refractivity contribution in [2.45, 2.75) is 25.3 Å². The quantitative estimate of drug-likeness (QED) is 0.574. The average Bonchev–Trinajstić information content (AvgIpc) is 2.20. The number of aliphatic carboxylic acids is 1. The lowest BCUT2D eigenvalue weighted by Crippen LogP contribution is -2.49. The van der Waals surface area contributed by atoms with E-state index in [0.29, 0.717) is 5.56 Å². The summed E-state index contributed by atoms with van der Waals surface area (Å²) in [5, 5.41) is 27.8. The third kappa shape index (κ3) is 2.09. The van der Waals surface area contributed by atoms with Crippen LogP contribution in [0, 0.1) is 0 Å². The average molecular weight is 225 g/mol. The van der Waals surface area contributed by atoms with E-state index in [1.54, 1.807) is 6.92 Å². The fraction of sp³-hybridized carbons (Fsp3) is 0.364. The Balaban J connectivity index is 3.19. The maximum absolute atomic E-state index is 11.0. The number of carboxylic acids is 1. The molecule has 5 nitrogen and oxygen atoms in total. The van der Waals surface area contributed by atoms with Crippen molar-refractivity contribution in [1.82, 2.24) is 0 Å². The number of hydrogen-bond donors (Lipinski definition) is 4. The molecule has 0 bridgehead atoms. The lowest BCUT2D eigenvalue weighted by molar-refractivity contribution is -0.143. The van der Waals surface area contributed by atoms with Crippen LogP contribution in [0.25, 0.3) is 0 Å². The van der Waals surface area contributed by atoms with Crippen LogP contribution in [0.5, 0.6) is 11.5 Å². The van der Waals surface area contributed by atoms with E-state index in [4.69, 9.17) is 10.8 Å². The largest absolute Gasteiger partial charge is 0.508 e. The van der Waals surface area contributed by atoms with Crippen molar-refractivity contribution >= 4 is 5.97 Å². The van der Waals surface area contributed by atoms with E-state index < -0.39 is 17.4 Å². The van der Waals surface area contributed by atoms with E-state index in [0.717, 1.165) is 0 Å². The lowest BCUT2D eigenvalue weighted by Gasteiger charge is -2.27. The highest BCUT2D eigenvalue weighted by molar-refractivity contribution is 5.79. The molecule has 0 aromatic heterocycles. The van der Waals surface area contributed by atoms with Crippen LogP contribution in [0.2, 0.25) is 0 Å². The fourth-order valence-electron chi connectivity index (χ4n) is 1.40. The Morgan fingerprint density at radius 3 is 2.50 bits per heavy atom. The molecule has 1 aromatic rings. The number of nitrogens with two attached hydrogens (primary N) is 1. The third-order valence-corrected chi connectivity index (χ3v) is 2.84. The summed E-state index contributed by atoms with van der Waals surface area (Å²) in [7, 11) is 0. The summed E-state index contributed by atoms with van der Waals surface area (Å²) < 4.78 is 0. The number of phenolic OH excluding ortho intramolecular Hbond substituents is 2. The first-order valence-electron chi connectivity index (χ1n) is 4.81. The Morgan fingerprint density at radius 2 is 2.00 bits per heavy atom. The molecule has 0 aliphatic rings. The summed E-state index contributed by atoms with van der Waals surface area (Å²) in [6.07, 6.45) is 0. The van der Waals surface area contributed by atoms with Gasteiger partial charge in [-0.3, -0.25) is 4.79 Å². The molecule has 0 radical (unpaired) electrons. The maximum Gasteiger partial charge on any atom is 0.324 e. The summed E-state index contributed by atoms with van der Waals surface area (Å²) in [5.74, 6) is -1.91. The molecular weight excluding hydrogens is 210 g/mol. The van der Waals surface area contributed by atoms with Crippen LogP contribution in [0.4, 0.5) is 0 Å². The number of phenols is 2. The first-order valence-corrected chi connectivity index (χ1v) is 4.81. The molecule has 0 aliphatic heterocycles. The Bertz CT molecular complexity index is 414. The zero-order valence-corrected chi connectivity index (χ0v) is 9.14. The summed E-state index contributed by atoms with van der Waals surface area (Å²) >= 11 is 0. The smallest absolute Gasteiger partial charge is 0.324 e. The fourth-order valence-corrected chi connectivity index (χ4v) is 1.40. The minimum Gasteiger partial charge on any atom is -0.508 e. The van der Waals surface area contributed by atoms with E-state index in [-0.39, 0.29) is 11.5 Å². The molecule has 16 heavy (non-hydrogen) atoms. The molecule has 1 unspecified atom stereocenters. The van der Waals surface area contributed by atoms with E-state index >= 15 is 0 Å². The Kier molecular flexibility index (Phi) is 3.09. The van der Waals surface area contributed by atoms with Gasteiger partial charge in [0.25, 0.3) is 0 Å².